The average molecular weight is 308 g/mol. The molecule has 21 heavy (non-hydrogen) atoms. The van der Waals surface area contributed by atoms with Crippen molar-refractivity contribution in [3.8, 4) is 0 Å². The molecule has 7 nitrogen and oxygen atoms in total. The van der Waals surface area contributed by atoms with Gasteiger partial charge in [0.1, 0.15) is 6.33 Å². The number of halogens is 1. The van der Waals surface area contributed by atoms with Crippen molar-refractivity contribution in [2.75, 3.05) is 24.3 Å². The quantitative estimate of drug-likeness (QED) is 0.690. The fourth-order valence-electron chi connectivity index (χ4n) is 1.81. The summed E-state index contributed by atoms with van der Waals surface area (Å²) < 4.78 is 0. The summed E-state index contributed by atoms with van der Waals surface area (Å²) in [4.78, 5) is 20.3. The number of hydrogen-bond donors (Lipinski definition) is 1. The largest absolute Gasteiger partial charge is 0.357 e. The number of anilines is 3. The van der Waals surface area contributed by atoms with Crippen LogP contribution < -0.4 is 10.2 Å². The van der Waals surface area contributed by atoms with E-state index in [2.05, 4.69) is 15.3 Å². The highest BCUT2D eigenvalue weighted by Crippen LogP contribution is 2.33. The standard InChI is InChI=1S/C13H14ClN5O2/c1-8-4-5-9(14)6-10(8)17-12-11(19(20)21)13(18(2)3)16-7-15-12/h4-7H,1-3H3,(H,15,16,17). The van der Waals surface area contributed by atoms with Crippen LogP contribution in [0.15, 0.2) is 24.5 Å². The first-order valence-corrected chi connectivity index (χ1v) is 6.48. The second-order valence-electron chi connectivity index (χ2n) is 4.63. The molecular formula is C13H14ClN5O2. The van der Waals surface area contributed by atoms with Gasteiger partial charge in [0, 0.05) is 24.8 Å². The van der Waals surface area contributed by atoms with E-state index in [1.54, 1.807) is 31.1 Å². The molecule has 2 aromatic rings. The second-order valence-corrected chi connectivity index (χ2v) is 5.07. The lowest BCUT2D eigenvalue weighted by Gasteiger charge is -2.14. The van der Waals surface area contributed by atoms with Gasteiger partial charge < -0.3 is 10.2 Å². The lowest BCUT2D eigenvalue weighted by Crippen LogP contribution is -2.14. The molecule has 2 rings (SSSR count). The molecule has 8 heteroatoms. The van der Waals surface area contributed by atoms with Gasteiger partial charge in [0.2, 0.25) is 11.6 Å². The predicted molar refractivity (Wildman–Crippen MR) is 82.5 cm³/mol. The third-order valence-electron chi connectivity index (χ3n) is 2.86. The summed E-state index contributed by atoms with van der Waals surface area (Å²) in [5, 5.41) is 14.8. The average Bonchev–Trinajstić information content (AvgIpc) is 2.42. The highest BCUT2D eigenvalue weighted by molar-refractivity contribution is 6.30. The van der Waals surface area contributed by atoms with Gasteiger partial charge in [-0.3, -0.25) is 10.1 Å². The Hall–Kier alpha value is -2.41. The summed E-state index contributed by atoms with van der Waals surface area (Å²) in [6.07, 6.45) is 1.28. The number of benzene rings is 1. The van der Waals surface area contributed by atoms with Gasteiger partial charge in [0.15, 0.2) is 0 Å². The molecule has 0 saturated heterocycles. The molecule has 1 N–H and O–H groups in total. The molecule has 0 amide bonds. The van der Waals surface area contributed by atoms with Crippen LogP contribution in [0.5, 0.6) is 0 Å². The van der Waals surface area contributed by atoms with E-state index < -0.39 is 4.92 Å². The van der Waals surface area contributed by atoms with E-state index in [-0.39, 0.29) is 17.3 Å². The van der Waals surface area contributed by atoms with Crippen molar-refractivity contribution in [3.63, 3.8) is 0 Å². The predicted octanol–water partition coefficient (Wildman–Crippen LogP) is 3.16. The van der Waals surface area contributed by atoms with Crippen molar-refractivity contribution in [1.29, 1.82) is 0 Å². The Morgan fingerprint density at radius 1 is 1.33 bits per heavy atom. The van der Waals surface area contributed by atoms with Crippen molar-refractivity contribution in [2.24, 2.45) is 0 Å². The molecule has 0 spiro atoms. The van der Waals surface area contributed by atoms with Crippen molar-refractivity contribution >= 4 is 34.6 Å². The number of nitro groups is 1. The summed E-state index contributed by atoms with van der Waals surface area (Å²) in [6.45, 7) is 1.87. The Bertz CT molecular complexity index is 690. The molecule has 0 unspecified atom stereocenters. The lowest BCUT2D eigenvalue weighted by molar-refractivity contribution is -0.383. The van der Waals surface area contributed by atoms with Crippen LogP contribution in [0.3, 0.4) is 0 Å². The first kappa shape index (κ1) is 15.0. The van der Waals surface area contributed by atoms with Gasteiger partial charge in [-0.1, -0.05) is 17.7 Å². The SMILES string of the molecule is Cc1ccc(Cl)cc1Nc1ncnc(N(C)C)c1[N+](=O)[O-]. The van der Waals surface area contributed by atoms with E-state index in [1.807, 2.05) is 13.0 Å². The van der Waals surface area contributed by atoms with Crippen LogP contribution in [-0.2, 0) is 0 Å². The summed E-state index contributed by atoms with van der Waals surface area (Å²) in [7, 11) is 3.37. The number of rotatable bonds is 4. The summed E-state index contributed by atoms with van der Waals surface area (Å²) in [6, 6.07) is 5.27. The second kappa shape index (κ2) is 5.92. The molecular weight excluding hydrogens is 294 g/mol. The minimum atomic E-state index is -0.502. The van der Waals surface area contributed by atoms with Gasteiger partial charge in [-0.15, -0.1) is 0 Å². The van der Waals surface area contributed by atoms with Gasteiger partial charge in [-0.05, 0) is 24.6 Å². The minimum Gasteiger partial charge on any atom is -0.357 e. The first-order valence-electron chi connectivity index (χ1n) is 6.10. The maximum absolute atomic E-state index is 11.3. The zero-order valence-electron chi connectivity index (χ0n) is 11.8. The molecule has 0 aliphatic heterocycles. The molecule has 1 aromatic heterocycles. The van der Waals surface area contributed by atoms with Crippen molar-refractivity contribution in [2.45, 2.75) is 6.92 Å². The molecule has 0 radical (unpaired) electrons. The van der Waals surface area contributed by atoms with E-state index in [9.17, 15) is 10.1 Å². The first-order chi connectivity index (χ1) is 9.90. The molecule has 0 saturated carbocycles. The van der Waals surface area contributed by atoms with Crippen LogP contribution in [0.4, 0.5) is 23.0 Å². The third kappa shape index (κ3) is 3.19. The Balaban J connectivity index is 2.51. The highest BCUT2D eigenvalue weighted by atomic mass is 35.5. The molecule has 1 aromatic carbocycles. The summed E-state index contributed by atoms with van der Waals surface area (Å²) >= 11 is 5.95. The van der Waals surface area contributed by atoms with Crippen molar-refractivity contribution in [3.05, 3.63) is 45.2 Å². The van der Waals surface area contributed by atoms with Crippen LogP contribution in [0.25, 0.3) is 0 Å². The summed E-state index contributed by atoms with van der Waals surface area (Å²) in [5.74, 6) is 0.362. The fourth-order valence-corrected chi connectivity index (χ4v) is 1.98. The Kier molecular flexibility index (Phi) is 4.23. The number of aryl methyl sites for hydroxylation is 1. The van der Waals surface area contributed by atoms with Crippen molar-refractivity contribution < 1.29 is 4.92 Å². The molecule has 0 fully saturated rings. The van der Waals surface area contributed by atoms with Gasteiger partial charge in [0.25, 0.3) is 0 Å². The number of aromatic nitrogens is 2. The smallest absolute Gasteiger partial charge is 0.353 e. The highest BCUT2D eigenvalue weighted by Gasteiger charge is 2.24. The third-order valence-corrected chi connectivity index (χ3v) is 3.10. The van der Waals surface area contributed by atoms with Crippen LogP contribution in [0, 0.1) is 17.0 Å². The zero-order valence-corrected chi connectivity index (χ0v) is 12.5. The number of hydrogen-bond acceptors (Lipinski definition) is 6. The topological polar surface area (TPSA) is 84.2 Å². The van der Waals surface area contributed by atoms with Gasteiger partial charge in [0.05, 0.1) is 4.92 Å². The zero-order chi connectivity index (χ0) is 15.6. The molecule has 0 aliphatic rings. The maximum atomic E-state index is 11.3. The van der Waals surface area contributed by atoms with E-state index in [0.717, 1.165) is 5.56 Å². The number of nitrogens with zero attached hydrogens (tertiary/aromatic N) is 4. The van der Waals surface area contributed by atoms with Crippen LogP contribution in [-0.4, -0.2) is 29.0 Å². The Morgan fingerprint density at radius 3 is 2.67 bits per heavy atom. The Labute approximate surface area is 126 Å². The minimum absolute atomic E-state index is 0.129. The van der Waals surface area contributed by atoms with Gasteiger partial charge in [-0.2, -0.15) is 0 Å². The number of nitrogens with one attached hydrogen (secondary N) is 1. The Morgan fingerprint density at radius 2 is 2.05 bits per heavy atom. The normalized spacial score (nSPS) is 10.3. The van der Waals surface area contributed by atoms with Crippen LogP contribution in [0.2, 0.25) is 5.02 Å². The molecule has 0 bridgehead atoms. The molecule has 1 heterocycles. The summed E-state index contributed by atoms with van der Waals surface area (Å²) in [5.41, 5.74) is 1.38. The maximum Gasteiger partial charge on any atom is 0.353 e. The van der Waals surface area contributed by atoms with Crippen LogP contribution >= 0.6 is 11.6 Å². The van der Waals surface area contributed by atoms with Gasteiger partial charge >= 0.3 is 5.69 Å². The molecule has 110 valence electrons. The van der Waals surface area contributed by atoms with E-state index in [4.69, 9.17) is 11.6 Å². The monoisotopic (exact) mass is 307 g/mol. The van der Waals surface area contributed by atoms with Crippen LogP contribution in [0.1, 0.15) is 5.56 Å². The van der Waals surface area contributed by atoms with Gasteiger partial charge in [-0.25, -0.2) is 9.97 Å². The van der Waals surface area contributed by atoms with E-state index >= 15 is 0 Å². The van der Waals surface area contributed by atoms with E-state index in [1.165, 1.54) is 6.33 Å². The molecule has 0 atom stereocenters. The van der Waals surface area contributed by atoms with E-state index in [0.29, 0.717) is 10.7 Å². The molecule has 0 aliphatic carbocycles. The lowest BCUT2D eigenvalue weighted by atomic mass is 10.2. The fraction of sp³-hybridized carbons (Fsp3) is 0.231. The van der Waals surface area contributed by atoms with Crippen molar-refractivity contribution in [1.82, 2.24) is 9.97 Å².